The normalized spacial score (nSPS) is 11.3. The van der Waals surface area contributed by atoms with E-state index in [-0.39, 0.29) is 11.4 Å². The molecule has 0 aliphatic carbocycles. The lowest BCUT2D eigenvalue weighted by molar-refractivity contribution is 0.628. The Labute approximate surface area is 164 Å². The molecule has 0 radical (unpaired) electrons. The van der Waals surface area contributed by atoms with Crippen molar-refractivity contribution in [3.63, 3.8) is 0 Å². The average Bonchev–Trinajstić information content (AvgIpc) is 3.13. The van der Waals surface area contributed by atoms with Gasteiger partial charge in [0.05, 0.1) is 5.39 Å². The second-order valence-electron chi connectivity index (χ2n) is 6.66. The Morgan fingerprint density at radius 2 is 1.75 bits per heavy atom. The standard InChI is InChI=1S/C23H15FN2OS/c24-17-10-8-15(9-11-17)19-13-28-23-21(19)22(27)25-20(26-23)12-16-6-3-5-14-4-1-2-7-18(14)16/h1-11,13H,12H2,(H,25,26,27). The van der Waals surface area contributed by atoms with Gasteiger partial charge < -0.3 is 4.98 Å². The van der Waals surface area contributed by atoms with Gasteiger partial charge in [-0.05, 0) is 34.0 Å². The van der Waals surface area contributed by atoms with Crippen LogP contribution in [0.15, 0.2) is 76.9 Å². The number of halogens is 1. The van der Waals surface area contributed by atoms with Crippen molar-refractivity contribution < 1.29 is 4.39 Å². The topological polar surface area (TPSA) is 45.8 Å². The van der Waals surface area contributed by atoms with Crippen LogP contribution in [0.1, 0.15) is 11.4 Å². The molecule has 0 aliphatic rings. The Kier molecular flexibility index (Phi) is 4.02. The van der Waals surface area contributed by atoms with Gasteiger partial charge in [-0.25, -0.2) is 9.37 Å². The Bertz CT molecular complexity index is 1360. The van der Waals surface area contributed by atoms with Gasteiger partial charge in [0.25, 0.3) is 5.56 Å². The highest BCUT2D eigenvalue weighted by atomic mass is 32.1. The highest BCUT2D eigenvalue weighted by Gasteiger charge is 2.14. The molecule has 28 heavy (non-hydrogen) atoms. The van der Waals surface area contributed by atoms with Crippen LogP contribution in [0.3, 0.4) is 0 Å². The number of nitrogens with zero attached hydrogens (tertiary/aromatic N) is 1. The van der Waals surface area contributed by atoms with E-state index in [0.717, 1.165) is 27.5 Å². The summed E-state index contributed by atoms with van der Waals surface area (Å²) in [5.74, 6) is 0.342. The largest absolute Gasteiger partial charge is 0.310 e. The van der Waals surface area contributed by atoms with Crippen LogP contribution in [-0.4, -0.2) is 9.97 Å². The zero-order valence-electron chi connectivity index (χ0n) is 14.8. The third-order valence-electron chi connectivity index (χ3n) is 4.89. The summed E-state index contributed by atoms with van der Waals surface area (Å²) in [6.07, 6.45) is 0.552. The van der Waals surface area contributed by atoms with Crippen LogP contribution in [0.2, 0.25) is 0 Å². The lowest BCUT2D eigenvalue weighted by Gasteiger charge is -2.06. The number of aromatic amines is 1. The fourth-order valence-electron chi connectivity index (χ4n) is 3.55. The third-order valence-corrected chi connectivity index (χ3v) is 5.76. The molecule has 5 rings (SSSR count). The lowest BCUT2D eigenvalue weighted by atomic mass is 10.0. The molecule has 1 N–H and O–H groups in total. The zero-order valence-corrected chi connectivity index (χ0v) is 15.6. The molecule has 0 aliphatic heterocycles. The minimum absolute atomic E-state index is 0.166. The molecule has 0 atom stereocenters. The van der Waals surface area contributed by atoms with E-state index in [4.69, 9.17) is 4.98 Å². The molecule has 0 bridgehead atoms. The maximum atomic E-state index is 13.2. The van der Waals surface area contributed by atoms with Gasteiger partial charge in [0, 0.05) is 17.4 Å². The summed E-state index contributed by atoms with van der Waals surface area (Å²) in [4.78, 5) is 21.1. The maximum absolute atomic E-state index is 13.2. The molecule has 5 heteroatoms. The van der Waals surface area contributed by atoms with Crippen molar-refractivity contribution in [2.75, 3.05) is 0 Å². The molecule has 2 heterocycles. The number of benzene rings is 3. The highest BCUT2D eigenvalue weighted by molar-refractivity contribution is 7.17. The van der Waals surface area contributed by atoms with Crippen LogP contribution in [0, 0.1) is 5.82 Å². The number of aromatic nitrogens is 2. The Morgan fingerprint density at radius 3 is 2.61 bits per heavy atom. The minimum Gasteiger partial charge on any atom is -0.310 e. The van der Waals surface area contributed by atoms with Gasteiger partial charge in [0.1, 0.15) is 16.5 Å². The summed E-state index contributed by atoms with van der Waals surface area (Å²) in [5.41, 5.74) is 2.55. The van der Waals surface area contributed by atoms with E-state index in [2.05, 4.69) is 29.2 Å². The maximum Gasteiger partial charge on any atom is 0.260 e. The molecule has 0 amide bonds. The van der Waals surface area contributed by atoms with Crippen LogP contribution < -0.4 is 5.56 Å². The van der Waals surface area contributed by atoms with Crippen molar-refractivity contribution in [2.45, 2.75) is 6.42 Å². The van der Waals surface area contributed by atoms with E-state index in [1.54, 1.807) is 12.1 Å². The third kappa shape index (κ3) is 2.90. The van der Waals surface area contributed by atoms with Gasteiger partial charge in [0.2, 0.25) is 0 Å². The van der Waals surface area contributed by atoms with E-state index in [0.29, 0.717) is 22.5 Å². The predicted molar refractivity (Wildman–Crippen MR) is 112 cm³/mol. The molecule has 0 fully saturated rings. The second-order valence-corrected chi connectivity index (χ2v) is 7.52. The van der Waals surface area contributed by atoms with Gasteiger partial charge in [-0.2, -0.15) is 0 Å². The van der Waals surface area contributed by atoms with Crippen LogP contribution in [0.25, 0.3) is 32.1 Å². The lowest BCUT2D eigenvalue weighted by Crippen LogP contribution is -2.11. The van der Waals surface area contributed by atoms with Crippen molar-refractivity contribution >= 4 is 32.3 Å². The number of rotatable bonds is 3. The molecule has 5 aromatic rings. The Balaban J connectivity index is 1.59. The molecular weight excluding hydrogens is 371 g/mol. The second kappa shape index (κ2) is 6.69. The first-order valence-electron chi connectivity index (χ1n) is 8.92. The van der Waals surface area contributed by atoms with Crippen molar-refractivity contribution in [3.8, 4) is 11.1 Å². The highest BCUT2D eigenvalue weighted by Crippen LogP contribution is 2.31. The van der Waals surface area contributed by atoms with E-state index in [9.17, 15) is 9.18 Å². The first-order valence-corrected chi connectivity index (χ1v) is 9.80. The number of hydrogen-bond acceptors (Lipinski definition) is 3. The first kappa shape index (κ1) is 16.8. The average molecular weight is 386 g/mol. The summed E-state index contributed by atoms with van der Waals surface area (Å²) in [5, 5.41) is 4.78. The Hall–Kier alpha value is -3.31. The van der Waals surface area contributed by atoms with Crippen LogP contribution >= 0.6 is 11.3 Å². The quantitative estimate of drug-likeness (QED) is 0.443. The van der Waals surface area contributed by atoms with Crippen molar-refractivity contribution in [3.05, 3.63) is 99.7 Å². The minimum atomic E-state index is -0.298. The molecule has 3 nitrogen and oxygen atoms in total. The molecule has 0 saturated carbocycles. The first-order chi connectivity index (χ1) is 13.7. The molecule has 0 spiro atoms. The monoisotopic (exact) mass is 386 g/mol. The fourth-order valence-corrected chi connectivity index (χ4v) is 4.51. The summed E-state index contributed by atoms with van der Waals surface area (Å²) >= 11 is 1.43. The van der Waals surface area contributed by atoms with Crippen LogP contribution in [-0.2, 0) is 6.42 Å². The summed E-state index contributed by atoms with van der Waals surface area (Å²) in [6.45, 7) is 0. The molecule has 0 unspecified atom stereocenters. The molecular formula is C23H15FN2OS. The smallest absolute Gasteiger partial charge is 0.260 e. The number of nitrogens with one attached hydrogen (secondary N) is 1. The van der Waals surface area contributed by atoms with Crippen molar-refractivity contribution in [1.82, 2.24) is 9.97 Å². The number of thiophene rings is 1. The van der Waals surface area contributed by atoms with Gasteiger partial charge in [-0.1, -0.05) is 54.6 Å². The van der Waals surface area contributed by atoms with E-state index < -0.39 is 0 Å². The fraction of sp³-hybridized carbons (Fsp3) is 0.0435. The Morgan fingerprint density at radius 1 is 0.964 bits per heavy atom. The molecule has 0 saturated heterocycles. The van der Waals surface area contributed by atoms with Crippen LogP contribution in [0.5, 0.6) is 0 Å². The van der Waals surface area contributed by atoms with E-state index in [1.807, 2.05) is 23.6 Å². The number of fused-ring (bicyclic) bond motifs is 2. The van der Waals surface area contributed by atoms with Gasteiger partial charge in [-0.15, -0.1) is 11.3 Å². The zero-order chi connectivity index (χ0) is 19.1. The van der Waals surface area contributed by atoms with Crippen molar-refractivity contribution in [1.29, 1.82) is 0 Å². The number of H-pyrrole nitrogens is 1. The van der Waals surface area contributed by atoms with Gasteiger partial charge in [-0.3, -0.25) is 4.79 Å². The van der Waals surface area contributed by atoms with Crippen LogP contribution in [0.4, 0.5) is 4.39 Å². The van der Waals surface area contributed by atoms with Gasteiger partial charge in [0.15, 0.2) is 0 Å². The molecule has 136 valence electrons. The van der Waals surface area contributed by atoms with E-state index >= 15 is 0 Å². The SMILES string of the molecule is O=c1[nH]c(Cc2cccc3ccccc23)nc2scc(-c3ccc(F)cc3)c12. The molecule has 3 aromatic carbocycles. The van der Waals surface area contributed by atoms with Crippen molar-refractivity contribution in [2.24, 2.45) is 0 Å². The van der Waals surface area contributed by atoms with E-state index in [1.165, 1.54) is 23.5 Å². The summed E-state index contributed by atoms with van der Waals surface area (Å²) < 4.78 is 13.2. The summed E-state index contributed by atoms with van der Waals surface area (Å²) in [6, 6.07) is 20.5. The number of hydrogen-bond donors (Lipinski definition) is 1. The predicted octanol–water partition coefficient (Wildman–Crippen LogP) is 5.53. The van der Waals surface area contributed by atoms with Gasteiger partial charge >= 0.3 is 0 Å². The molecule has 2 aromatic heterocycles. The summed E-state index contributed by atoms with van der Waals surface area (Å²) in [7, 11) is 0.